The third-order valence-electron chi connectivity index (χ3n) is 1.03. The Labute approximate surface area is 161 Å². The molecule has 2 rings (SSSR count). The molecule has 9 heteroatoms. The summed E-state index contributed by atoms with van der Waals surface area (Å²) in [7, 11) is 5.09. The van der Waals surface area contributed by atoms with Crippen molar-refractivity contribution < 1.29 is 0 Å². The Kier molecular flexibility index (Phi) is 14.9. The Morgan fingerprint density at radius 3 is 2.14 bits per heavy atom. The predicted molar refractivity (Wildman–Crippen MR) is 72.0 cm³/mol. The second-order valence-corrected chi connectivity index (χ2v) is 5.57. The molecule has 0 amide bonds. The van der Waals surface area contributed by atoms with E-state index in [2.05, 4.69) is 15.0 Å². The van der Waals surface area contributed by atoms with Gasteiger partial charge in [0, 0.05) is 5.41 Å². The zero-order valence-corrected chi connectivity index (χ0v) is 7.75. The van der Waals surface area contributed by atoms with Crippen LogP contribution in [0.2, 0.25) is 0 Å². The summed E-state index contributed by atoms with van der Waals surface area (Å²) in [4.78, 5) is 12.9. The minimum absolute atomic E-state index is 0. The van der Waals surface area contributed by atoms with E-state index in [1.807, 2.05) is 5.41 Å². The van der Waals surface area contributed by atoms with Crippen LogP contribution in [0.15, 0.2) is 18.1 Å². The summed E-state index contributed by atoms with van der Waals surface area (Å²) in [6.45, 7) is 0. The van der Waals surface area contributed by atoms with E-state index in [-0.39, 0.29) is 88.7 Å². The monoisotopic (exact) mass is 273 g/mol. The molecule has 3 nitrogen and oxygen atoms in total. The van der Waals surface area contributed by atoms with Crippen LogP contribution in [0.1, 0.15) is 5.82 Å². The first-order chi connectivity index (χ1) is 5.47. The molecule has 0 unspecified atom stereocenters. The summed E-state index contributed by atoms with van der Waals surface area (Å²) in [5, 5.41) is 2.05. The maximum atomic E-state index is 4.02. The molecule has 0 N–H and O–H groups in total. The Hall–Kier alpha value is 2.80. The van der Waals surface area contributed by atoms with Crippen molar-refractivity contribution in [3.05, 3.63) is 23.9 Å². The Balaban J connectivity index is 0. The maximum absolute atomic E-state index is 4.02. The van der Waals surface area contributed by atoms with Crippen molar-refractivity contribution in [2.75, 3.05) is 0 Å². The molecule has 1 aromatic rings. The summed E-state index contributed by atoms with van der Waals surface area (Å²) in [5.74, 6) is 0.766. The molecule has 1 aliphatic heterocycles. The van der Waals surface area contributed by atoms with E-state index in [9.17, 15) is 0 Å². The standard InChI is InChI=1S/C5H3N3S3.3Na.3H/c1-4(10-11-9-1)5-7-2-6-3-8-5;;;;;;/h1-3H;;;;;;. The van der Waals surface area contributed by atoms with Gasteiger partial charge in [0.25, 0.3) is 0 Å². The van der Waals surface area contributed by atoms with Crippen molar-refractivity contribution in [1.82, 2.24) is 15.0 Å². The minimum atomic E-state index is 0. The van der Waals surface area contributed by atoms with Crippen LogP contribution in [-0.4, -0.2) is 104 Å². The summed E-state index contributed by atoms with van der Waals surface area (Å²) in [6, 6.07) is 0. The fourth-order valence-corrected chi connectivity index (χ4v) is 4.29. The van der Waals surface area contributed by atoms with Gasteiger partial charge in [-0.1, -0.05) is 10.8 Å². The van der Waals surface area contributed by atoms with Crippen molar-refractivity contribution in [3.63, 3.8) is 0 Å². The van der Waals surface area contributed by atoms with Crippen LogP contribution >= 0.6 is 31.4 Å². The van der Waals surface area contributed by atoms with Crippen molar-refractivity contribution in [2.45, 2.75) is 0 Å². The van der Waals surface area contributed by atoms with Gasteiger partial charge in [-0.05, 0) is 20.6 Å². The molecule has 0 aliphatic carbocycles. The Morgan fingerprint density at radius 1 is 1.00 bits per heavy atom. The average Bonchev–Trinajstić information content (AvgIpc) is 2.58. The van der Waals surface area contributed by atoms with Gasteiger partial charge in [0.2, 0.25) is 0 Å². The zero-order valence-electron chi connectivity index (χ0n) is 5.30. The van der Waals surface area contributed by atoms with E-state index >= 15 is 0 Å². The SMILES string of the molecule is C1=C(c2ncncn2)SSS1.[NaH].[NaH].[NaH]. The van der Waals surface area contributed by atoms with Crippen molar-refractivity contribution in [1.29, 1.82) is 0 Å². The Bertz CT molecular complexity index is 284. The summed E-state index contributed by atoms with van der Waals surface area (Å²) < 4.78 is 0. The van der Waals surface area contributed by atoms with Gasteiger partial charge in [0.05, 0.1) is 4.91 Å². The number of rotatable bonds is 1. The molecule has 0 spiro atoms. The van der Waals surface area contributed by atoms with Crippen molar-refractivity contribution in [3.8, 4) is 0 Å². The second-order valence-electron chi connectivity index (χ2n) is 1.69. The van der Waals surface area contributed by atoms with Gasteiger partial charge < -0.3 is 0 Å². The molecule has 2 heterocycles. The summed E-state index contributed by atoms with van der Waals surface area (Å²) in [5.41, 5.74) is 0. The molecule has 0 aromatic carbocycles. The number of hydrogen-bond acceptors (Lipinski definition) is 6. The molecule has 0 atom stereocenters. The van der Waals surface area contributed by atoms with Gasteiger partial charge in [0.15, 0.2) is 5.82 Å². The molecule has 62 valence electrons. The van der Waals surface area contributed by atoms with E-state index < -0.39 is 0 Å². The Morgan fingerprint density at radius 2 is 1.64 bits per heavy atom. The van der Waals surface area contributed by atoms with Crippen LogP contribution in [-0.2, 0) is 0 Å². The zero-order chi connectivity index (χ0) is 7.52. The van der Waals surface area contributed by atoms with Gasteiger partial charge in [-0.2, -0.15) is 0 Å². The quantitative estimate of drug-likeness (QED) is 0.540. The van der Waals surface area contributed by atoms with E-state index in [0.29, 0.717) is 0 Å². The molecule has 1 aromatic heterocycles. The van der Waals surface area contributed by atoms with E-state index in [1.165, 1.54) is 12.7 Å². The van der Waals surface area contributed by atoms with Gasteiger partial charge >= 0.3 is 88.7 Å². The topological polar surface area (TPSA) is 38.7 Å². The molecule has 0 bridgehead atoms. The number of aromatic nitrogens is 3. The molecular formula is C5H6N3Na3S3. The fourth-order valence-electron chi connectivity index (χ4n) is 0.596. The molecule has 1 aliphatic rings. The van der Waals surface area contributed by atoms with Crippen LogP contribution in [0.4, 0.5) is 0 Å². The van der Waals surface area contributed by atoms with Crippen LogP contribution < -0.4 is 0 Å². The van der Waals surface area contributed by atoms with E-state index in [0.717, 1.165) is 10.7 Å². The predicted octanol–water partition coefficient (Wildman–Crippen LogP) is 0.268. The van der Waals surface area contributed by atoms with Crippen molar-refractivity contribution in [2.24, 2.45) is 0 Å². The molecule has 14 heavy (non-hydrogen) atoms. The number of nitrogens with zero attached hydrogens (tertiary/aromatic N) is 3. The van der Waals surface area contributed by atoms with Crippen molar-refractivity contribution >= 4 is 125 Å². The molecule has 0 radical (unpaired) electrons. The first-order valence-corrected chi connectivity index (χ1v) is 6.34. The summed E-state index contributed by atoms with van der Waals surface area (Å²) >= 11 is 0. The molecule has 0 saturated heterocycles. The number of hydrogen-bond donors (Lipinski definition) is 0. The van der Waals surface area contributed by atoms with E-state index in [4.69, 9.17) is 0 Å². The first kappa shape index (κ1) is 19.1. The molecule has 0 saturated carbocycles. The van der Waals surface area contributed by atoms with E-state index in [1.54, 1.807) is 31.4 Å². The second kappa shape index (κ2) is 10.9. The van der Waals surface area contributed by atoms with Crippen LogP contribution in [0.3, 0.4) is 0 Å². The fraction of sp³-hybridized carbons (Fsp3) is 0. The van der Waals surface area contributed by atoms with Crippen LogP contribution in [0, 0.1) is 0 Å². The van der Waals surface area contributed by atoms with Gasteiger partial charge in [-0.15, -0.1) is 0 Å². The third-order valence-corrected chi connectivity index (χ3v) is 4.73. The van der Waals surface area contributed by atoms with Crippen LogP contribution in [0.5, 0.6) is 0 Å². The molecular weight excluding hydrogens is 267 g/mol. The molecule has 0 fully saturated rings. The third kappa shape index (κ3) is 5.93. The van der Waals surface area contributed by atoms with Gasteiger partial charge in [0.1, 0.15) is 12.7 Å². The van der Waals surface area contributed by atoms with Gasteiger partial charge in [-0.25, -0.2) is 15.0 Å². The first-order valence-electron chi connectivity index (χ1n) is 2.79. The van der Waals surface area contributed by atoms with Gasteiger partial charge in [-0.3, -0.25) is 0 Å². The average molecular weight is 273 g/mol. The summed E-state index contributed by atoms with van der Waals surface area (Å²) in [6.07, 6.45) is 3.02. The van der Waals surface area contributed by atoms with Crippen LogP contribution in [0.25, 0.3) is 4.91 Å². The normalized spacial score (nSPS) is 13.0.